The first-order valence-electron chi connectivity index (χ1n) is 8.12. The van der Waals surface area contributed by atoms with Gasteiger partial charge in [0.15, 0.2) is 5.76 Å². The van der Waals surface area contributed by atoms with Crippen LogP contribution in [0.4, 0.5) is 0 Å². The van der Waals surface area contributed by atoms with Crippen molar-refractivity contribution in [3.05, 3.63) is 86.4 Å². The average Bonchev–Trinajstić information content (AvgIpc) is 3.08. The molecule has 3 nitrogen and oxygen atoms in total. The lowest BCUT2D eigenvalue weighted by molar-refractivity contribution is 0.298. The van der Waals surface area contributed by atoms with E-state index < -0.39 is 0 Å². The molecule has 0 saturated carbocycles. The van der Waals surface area contributed by atoms with E-state index in [0.717, 1.165) is 15.3 Å². The van der Waals surface area contributed by atoms with Gasteiger partial charge in [-0.15, -0.1) is 11.3 Å². The Morgan fingerprint density at radius 1 is 1.08 bits per heavy atom. The molecule has 4 aromatic rings. The number of aryl methyl sites for hydroxylation is 1. The van der Waals surface area contributed by atoms with Gasteiger partial charge < -0.3 is 9.15 Å². The van der Waals surface area contributed by atoms with Gasteiger partial charge in [-0.2, -0.15) is 0 Å². The van der Waals surface area contributed by atoms with Gasteiger partial charge in [0, 0.05) is 9.90 Å². The first kappa shape index (κ1) is 16.9. The molecular weight excluding hydrogens is 368 g/mol. The van der Waals surface area contributed by atoms with E-state index in [1.165, 1.54) is 0 Å². The second-order valence-electron chi connectivity index (χ2n) is 5.91. The number of hydrogen-bond donors (Lipinski definition) is 0. The molecule has 0 aliphatic rings. The topological polar surface area (TPSA) is 39.4 Å². The highest BCUT2D eigenvalue weighted by Crippen LogP contribution is 2.36. The fraction of sp³-hybridized carbons (Fsp3) is 0.0952. The summed E-state index contributed by atoms with van der Waals surface area (Å²) in [4.78, 5) is 15.1. The second kappa shape index (κ2) is 6.98. The first-order chi connectivity index (χ1) is 12.6. The zero-order valence-electron chi connectivity index (χ0n) is 14.0. The fourth-order valence-electron chi connectivity index (χ4n) is 2.73. The number of fused-ring (bicyclic) bond motifs is 1. The molecule has 0 N–H and O–H groups in total. The average molecular weight is 383 g/mol. The molecule has 26 heavy (non-hydrogen) atoms. The van der Waals surface area contributed by atoms with Crippen molar-refractivity contribution in [2.45, 2.75) is 13.5 Å². The maximum absolute atomic E-state index is 13.1. The molecule has 0 radical (unpaired) electrons. The van der Waals surface area contributed by atoms with Crippen LogP contribution in [0.3, 0.4) is 0 Å². The van der Waals surface area contributed by atoms with Gasteiger partial charge in [-0.3, -0.25) is 4.79 Å². The minimum absolute atomic E-state index is 0.213. The van der Waals surface area contributed by atoms with Gasteiger partial charge in [0.1, 0.15) is 12.2 Å². The molecule has 0 unspecified atom stereocenters. The zero-order chi connectivity index (χ0) is 18.1. The molecule has 0 aliphatic carbocycles. The molecule has 5 heteroatoms. The summed E-state index contributed by atoms with van der Waals surface area (Å²) >= 11 is 7.62. The van der Waals surface area contributed by atoms with Crippen molar-refractivity contribution in [3.63, 3.8) is 0 Å². The molecule has 2 aromatic carbocycles. The predicted octanol–water partition coefficient (Wildman–Crippen LogP) is 6.06. The highest BCUT2D eigenvalue weighted by atomic mass is 35.5. The summed E-state index contributed by atoms with van der Waals surface area (Å²) in [5.41, 5.74) is 1.25. The molecule has 0 atom stereocenters. The largest absolute Gasteiger partial charge is 0.481 e. The van der Waals surface area contributed by atoms with Crippen LogP contribution < -0.4 is 10.2 Å². The summed E-state index contributed by atoms with van der Waals surface area (Å²) in [5.74, 6) is 0.671. The van der Waals surface area contributed by atoms with Crippen LogP contribution in [0.1, 0.15) is 10.4 Å². The van der Waals surface area contributed by atoms with Crippen molar-refractivity contribution < 1.29 is 9.15 Å². The second-order valence-corrected chi connectivity index (χ2v) is 7.64. The molecule has 0 spiro atoms. The molecule has 0 saturated heterocycles. The van der Waals surface area contributed by atoms with Gasteiger partial charge in [-0.25, -0.2) is 0 Å². The van der Waals surface area contributed by atoms with Gasteiger partial charge >= 0.3 is 0 Å². The van der Waals surface area contributed by atoms with Crippen molar-refractivity contribution >= 4 is 33.9 Å². The smallest absolute Gasteiger partial charge is 0.235 e. The number of hydrogen-bond acceptors (Lipinski definition) is 4. The quantitative estimate of drug-likeness (QED) is 0.430. The lowest BCUT2D eigenvalue weighted by Gasteiger charge is -2.11. The van der Waals surface area contributed by atoms with Crippen molar-refractivity contribution in [2.75, 3.05) is 0 Å². The Labute approximate surface area is 159 Å². The number of rotatable bonds is 4. The third kappa shape index (κ3) is 3.26. The van der Waals surface area contributed by atoms with E-state index in [4.69, 9.17) is 20.8 Å². The van der Waals surface area contributed by atoms with Gasteiger partial charge in [0.2, 0.25) is 11.2 Å². The van der Waals surface area contributed by atoms with Crippen LogP contribution in [-0.4, -0.2) is 0 Å². The lowest BCUT2D eigenvalue weighted by atomic mass is 10.2. The Kier molecular flexibility index (Phi) is 4.53. The Hall–Kier alpha value is -2.56. The maximum atomic E-state index is 13.1. The molecule has 0 fully saturated rings. The Bertz CT molecular complexity index is 1130. The molecule has 2 aromatic heterocycles. The van der Waals surface area contributed by atoms with Crippen LogP contribution in [0.25, 0.3) is 21.6 Å². The van der Waals surface area contributed by atoms with Crippen LogP contribution in [0.2, 0.25) is 5.02 Å². The number of halogens is 1. The van der Waals surface area contributed by atoms with Crippen LogP contribution in [0.5, 0.6) is 5.75 Å². The SMILES string of the molecule is Cc1ccc(-c2oc3ccc(Cl)cc3c(=O)c2OCc2ccccc2)s1. The summed E-state index contributed by atoms with van der Waals surface area (Å²) in [6.07, 6.45) is 0. The highest BCUT2D eigenvalue weighted by molar-refractivity contribution is 7.15. The summed E-state index contributed by atoms with van der Waals surface area (Å²) in [6, 6.07) is 18.7. The standard InChI is InChI=1S/C21H15ClO3S/c1-13-7-10-18(26-13)20-21(24-12-14-5-3-2-4-6-14)19(23)16-11-15(22)8-9-17(16)25-20/h2-11H,12H2,1H3. The fourth-order valence-corrected chi connectivity index (χ4v) is 3.75. The Balaban J connectivity index is 1.87. The van der Waals surface area contributed by atoms with E-state index >= 15 is 0 Å². The number of ether oxygens (including phenoxy) is 1. The monoisotopic (exact) mass is 382 g/mol. The van der Waals surface area contributed by atoms with Crippen LogP contribution in [-0.2, 0) is 6.61 Å². The van der Waals surface area contributed by atoms with E-state index in [1.807, 2.05) is 49.4 Å². The third-order valence-electron chi connectivity index (χ3n) is 4.00. The van der Waals surface area contributed by atoms with Gasteiger partial charge in [-0.05, 0) is 42.8 Å². The minimum Gasteiger partial charge on any atom is -0.481 e. The van der Waals surface area contributed by atoms with E-state index in [2.05, 4.69) is 0 Å². The van der Waals surface area contributed by atoms with Crippen molar-refractivity contribution in [1.29, 1.82) is 0 Å². The highest BCUT2D eigenvalue weighted by Gasteiger charge is 2.19. The predicted molar refractivity (Wildman–Crippen MR) is 106 cm³/mol. The summed E-state index contributed by atoms with van der Waals surface area (Å²) in [6.45, 7) is 2.30. The number of thiophene rings is 1. The summed E-state index contributed by atoms with van der Waals surface area (Å²) in [7, 11) is 0. The van der Waals surface area contributed by atoms with Crippen molar-refractivity contribution in [2.24, 2.45) is 0 Å². The molecular formula is C21H15ClO3S. The molecule has 130 valence electrons. The summed E-state index contributed by atoms with van der Waals surface area (Å²) < 4.78 is 12.0. The van der Waals surface area contributed by atoms with E-state index in [-0.39, 0.29) is 17.8 Å². The van der Waals surface area contributed by atoms with Gasteiger partial charge in [0.25, 0.3) is 0 Å². The van der Waals surface area contributed by atoms with Crippen LogP contribution in [0, 0.1) is 6.92 Å². The Morgan fingerprint density at radius 3 is 2.62 bits per heavy atom. The molecule has 0 amide bonds. The molecule has 4 rings (SSSR count). The zero-order valence-corrected chi connectivity index (χ0v) is 15.6. The maximum Gasteiger partial charge on any atom is 0.235 e. The van der Waals surface area contributed by atoms with Gasteiger partial charge in [-0.1, -0.05) is 41.9 Å². The van der Waals surface area contributed by atoms with Gasteiger partial charge in [0.05, 0.1) is 10.3 Å². The van der Waals surface area contributed by atoms with Crippen molar-refractivity contribution in [3.8, 4) is 16.4 Å². The Morgan fingerprint density at radius 2 is 1.88 bits per heavy atom. The van der Waals surface area contributed by atoms with Crippen molar-refractivity contribution in [1.82, 2.24) is 0 Å². The van der Waals surface area contributed by atoms with E-state index in [0.29, 0.717) is 21.8 Å². The molecule has 0 bridgehead atoms. The number of benzene rings is 2. The van der Waals surface area contributed by atoms with E-state index in [9.17, 15) is 4.79 Å². The minimum atomic E-state index is -0.217. The van der Waals surface area contributed by atoms with Crippen LogP contribution >= 0.6 is 22.9 Å². The van der Waals surface area contributed by atoms with E-state index in [1.54, 1.807) is 29.5 Å². The lowest BCUT2D eigenvalue weighted by Crippen LogP contribution is -2.10. The first-order valence-corrected chi connectivity index (χ1v) is 9.31. The van der Waals surface area contributed by atoms with Crippen LogP contribution in [0.15, 0.2) is 69.9 Å². The summed E-state index contributed by atoms with van der Waals surface area (Å²) in [5, 5.41) is 0.899. The molecule has 0 aliphatic heterocycles. The third-order valence-corrected chi connectivity index (χ3v) is 5.24. The normalized spacial score (nSPS) is 11.0. The molecule has 2 heterocycles.